The van der Waals surface area contributed by atoms with Gasteiger partial charge in [-0.05, 0) is 42.8 Å². The predicted molar refractivity (Wildman–Crippen MR) is 90.6 cm³/mol. The van der Waals surface area contributed by atoms with Gasteiger partial charge in [-0.15, -0.1) is 0 Å². The van der Waals surface area contributed by atoms with Gasteiger partial charge < -0.3 is 15.8 Å². The molecular weight excluding hydrogens is 290 g/mol. The summed E-state index contributed by atoms with van der Waals surface area (Å²) in [6, 6.07) is 10.7. The molecule has 1 amide bonds. The Balaban J connectivity index is 1.94. The molecule has 2 rings (SSSR count). The van der Waals surface area contributed by atoms with Crippen LogP contribution in [0.25, 0.3) is 0 Å². The second-order valence-corrected chi connectivity index (χ2v) is 5.36. The van der Waals surface area contributed by atoms with Gasteiger partial charge in [0.2, 0.25) is 0 Å². The first-order chi connectivity index (χ1) is 11.2. The van der Waals surface area contributed by atoms with Gasteiger partial charge in [-0.25, -0.2) is 0 Å². The van der Waals surface area contributed by atoms with Crippen molar-refractivity contribution in [1.29, 1.82) is 0 Å². The molecule has 0 radical (unpaired) electrons. The molecular formula is C18H23N3O2. The van der Waals surface area contributed by atoms with E-state index in [1.54, 1.807) is 42.7 Å². The highest BCUT2D eigenvalue weighted by Crippen LogP contribution is 2.20. The van der Waals surface area contributed by atoms with E-state index in [1.807, 2.05) is 6.07 Å². The molecule has 3 N–H and O–H groups in total. The third-order valence-electron chi connectivity index (χ3n) is 3.51. The van der Waals surface area contributed by atoms with Gasteiger partial charge >= 0.3 is 0 Å². The van der Waals surface area contributed by atoms with Crippen molar-refractivity contribution in [3.05, 3.63) is 54.4 Å². The number of nitrogens with two attached hydrogens (primary N) is 1. The Morgan fingerprint density at radius 3 is 2.65 bits per heavy atom. The molecule has 5 heteroatoms. The van der Waals surface area contributed by atoms with Gasteiger partial charge in [0.05, 0.1) is 6.20 Å². The average molecular weight is 313 g/mol. The number of amides is 1. The molecule has 0 aliphatic carbocycles. The fourth-order valence-corrected chi connectivity index (χ4v) is 2.19. The van der Waals surface area contributed by atoms with Gasteiger partial charge in [-0.2, -0.15) is 0 Å². The van der Waals surface area contributed by atoms with Crippen LogP contribution in [0, 0.1) is 0 Å². The first-order valence-electron chi connectivity index (χ1n) is 7.91. The highest BCUT2D eigenvalue weighted by Gasteiger charge is 2.12. The summed E-state index contributed by atoms with van der Waals surface area (Å²) in [6.45, 7) is 2.57. The normalized spacial score (nSPS) is 11.7. The minimum atomic E-state index is -0.107. The van der Waals surface area contributed by atoms with Crippen molar-refractivity contribution in [3.63, 3.8) is 0 Å². The number of hydrogen-bond donors (Lipinski definition) is 2. The molecule has 0 aliphatic rings. The van der Waals surface area contributed by atoms with E-state index in [9.17, 15) is 4.79 Å². The largest absolute Gasteiger partial charge is 0.456 e. The summed E-state index contributed by atoms with van der Waals surface area (Å²) in [5, 5.41) is 2.97. The topological polar surface area (TPSA) is 77.2 Å². The molecule has 2 aromatic rings. The number of pyridine rings is 1. The Bertz CT molecular complexity index is 599. The number of benzene rings is 1. The van der Waals surface area contributed by atoms with Crippen molar-refractivity contribution in [3.8, 4) is 11.5 Å². The van der Waals surface area contributed by atoms with E-state index in [4.69, 9.17) is 10.5 Å². The van der Waals surface area contributed by atoms with Crippen LogP contribution in [0.2, 0.25) is 0 Å². The highest BCUT2D eigenvalue weighted by atomic mass is 16.5. The van der Waals surface area contributed by atoms with Crippen LogP contribution < -0.4 is 15.8 Å². The SMILES string of the molecule is CCCCC(CN)NC(=O)c1ccc(Oc2cccnc2)cc1. The lowest BCUT2D eigenvalue weighted by molar-refractivity contribution is 0.0936. The van der Waals surface area contributed by atoms with E-state index in [0.717, 1.165) is 19.3 Å². The van der Waals surface area contributed by atoms with Gasteiger partial charge in [0.15, 0.2) is 0 Å². The fourth-order valence-electron chi connectivity index (χ4n) is 2.19. The highest BCUT2D eigenvalue weighted by molar-refractivity contribution is 5.94. The van der Waals surface area contributed by atoms with Crippen LogP contribution in [0.4, 0.5) is 0 Å². The van der Waals surface area contributed by atoms with Gasteiger partial charge in [-0.3, -0.25) is 9.78 Å². The molecule has 1 unspecified atom stereocenters. The second-order valence-electron chi connectivity index (χ2n) is 5.36. The van der Waals surface area contributed by atoms with E-state index >= 15 is 0 Å². The number of nitrogens with one attached hydrogen (secondary N) is 1. The van der Waals surface area contributed by atoms with Crippen LogP contribution in [0.5, 0.6) is 11.5 Å². The minimum absolute atomic E-state index is 0.0220. The van der Waals surface area contributed by atoms with Crippen LogP contribution in [0.1, 0.15) is 36.5 Å². The standard InChI is InChI=1S/C18H23N3O2/c1-2-3-5-15(12-19)21-18(22)14-7-9-16(10-8-14)23-17-6-4-11-20-13-17/h4,6-11,13,15H,2-3,5,12,19H2,1H3,(H,21,22). The first-order valence-corrected chi connectivity index (χ1v) is 7.91. The maximum atomic E-state index is 12.2. The summed E-state index contributed by atoms with van der Waals surface area (Å²) < 4.78 is 5.65. The molecule has 1 heterocycles. The Kier molecular flexibility index (Phi) is 6.56. The molecule has 0 bridgehead atoms. The molecule has 0 aliphatic heterocycles. The van der Waals surface area contributed by atoms with Gasteiger partial charge in [-0.1, -0.05) is 19.8 Å². The van der Waals surface area contributed by atoms with E-state index in [1.165, 1.54) is 0 Å². The maximum absolute atomic E-state index is 12.2. The molecule has 1 aromatic heterocycles. The molecule has 23 heavy (non-hydrogen) atoms. The number of nitrogens with zero attached hydrogens (tertiary/aromatic N) is 1. The quantitative estimate of drug-likeness (QED) is 0.785. The zero-order valence-electron chi connectivity index (χ0n) is 13.4. The number of carbonyl (C=O) groups is 1. The number of hydrogen-bond acceptors (Lipinski definition) is 4. The lowest BCUT2D eigenvalue weighted by Gasteiger charge is -2.16. The van der Waals surface area contributed by atoms with Crippen molar-refractivity contribution in [1.82, 2.24) is 10.3 Å². The zero-order chi connectivity index (χ0) is 16.5. The lowest BCUT2D eigenvalue weighted by atomic mass is 10.1. The summed E-state index contributed by atoms with van der Waals surface area (Å²) in [4.78, 5) is 16.2. The van der Waals surface area contributed by atoms with E-state index in [0.29, 0.717) is 23.6 Å². The van der Waals surface area contributed by atoms with Crippen molar-refractivity contribution < 1.29 is 9.53 Å². The summed E-state index contributed by atoms with van der Waals surface area (Å²) in [6.07, 6.45) is 6.38. The van der Waals surface area contributed by atoms with Crippen molar-refractivity contribution in [2.75, 3.05) is 6.54 Å². The molecule has 0 saturated heterocycles. The van der Waals surface area contributed by atoms with Crippen LogP contribution in [0.15, 0.2) is 48.8 Å². The van der Waals surface area contributed by atoms with E-state index in [2.05, 4.69) is 17.2 Å². The van der Waals surface area contributed by atoms with E-state index < -0.39 is 0 Å². The van der Waals surface area contributed by atoms with Crippen LogP contribution >= 0.6 is 0 Å². The summed E-state index contributed by atoms with van der Waals surface area (Å²) in [5.41, 5.74) is 6.31. The maximum Gasteiger partial charge on any atom is 0.251 e. The van der Waals surface area contributed by atoms with Crippen molar-refractivity contribution in [2.24, 2.45) is 5.73 Å². The molecule has 0 fully saturated rings. The smallest absolute Gasteiger partial charge is 0.251 e. The molecule has 5 nitrogen and oxygen atoms in total. The molecule has 0 spiro atoms. The van der Waals surface area contributed by atoms with Gasteiger partial charge in [0.25, 0.3) is 5.91 Å². The summed E-state index contributed by atoms with van der Waals surface area (Å²) in [5.74, 6) is 1.22. The summed E-state index contributed by atoms with van der Waals surface area (Å²) >= 11 is 0. The average Bonchev–Trinajstić information content (AvgIpc) is 2.60. The molecule has 122 valence electrons. The molecule has 0 saturated carbocycles. The first kappa shape index (κ1) is 17.0. The van der Waals surface area contributed by atoms with Crippen LogP contribution in [-0.2, 0) is 0 Å². The molecule has 1 aromatic carbocycles. The minimum Gasteiger partial charge on any atom is -0.456 e. The third kappa shape index (κ3) is 5.38. The van der Waals surface area contributed by atoms with E-state index in [-0.39, 0.29) is 11.9 Å². The number of rotatable bonds is 8. The number of aromatic nitrogens is 1. The van der Waals surface area contributed by atoms with Crippen LogP contribution in [0.3, 0.4) is 0 Å². The van der Waals surface area contributed by atoms with Crippen molar-refractivity contribution in [2.45, 2.75) is 32.2 Å². The fraction of sp³-hybridized carbons (Fsp3) is 0.333. The Labute approximate surface area is 136 Å². The Hall–Kier alpha value is -2.40. The second kappa shape index (κ2) is 8.90. The number of carbonyl (C=O) groups excluding carboxylic acids is 1. The zero-order valence-corrected chi connectivity index (χ0v) is 13.4. The number of ether oxygens (including phenoxy) is 1. The Morgan fingerprint density at radius 1 is 1.26 bits per heavy atom. The van der Waals surface area contributed by atoms with Crippen molar-refractivity contribution >= 4 is 5.91 Å². The predicted octanol–water partition coefficient (Wildman–Crippen LogP) is 3.12. The third-order valence-corrected chi connectivity index (χ3v) is 3.51. The lowest BCUT2D eigenvalue weighted by Crippen LogP contribution is -2.40. The van der Waals surface area contributed by atoms with Gasteiger partial charge in [0, 0.05) is 24.3 Å². The summed E-state index contributed by atoms with van der Waals surface area (Å²) in [7, 11) is 0. The Morgan fingerprint density at radius 2 is 2.04 bits per heavy atom. The molecule has 1 atom stereocenters. The van der Waals surface area contributed by atoms with Crippen LogP contribution in [-0.4, -0.2) is 23.5 Å². The monoisotopic (exact) mass is 313 g/mol. The van der Waals surface area contributed by atoms with Gasteiger partial charge in [0.1, 0.15) is 11.5 Å². The number of unbranched alkanes of at least 4 members (excludes halogenated alkanes) is 1.